The quantitative estimate of drug-likeness (QED) is 0.933. The number of carbonyl (C=O) groups is 1. The summed E-state index contributed by atoms with van der Waals surface area (Å²) in [5.74, 6) is 0.725. The van der Waals surface area contributed by atoms with Crippen LogP contribution in [0, 0.1) is 5.92 Å². The molecule has 0 bridgehead atoms. The van der Waals surface area contributed by atoms with Crippen LogP contribution in [0.1, 0.15) is 29.4 Å². The molecule has 1 aromatic carbocycles. The van der Waals surface area contributed by atoms with Crippen LogP contribution in [0.5, 0.6) is 0 Å². The Morgan fingerprint density at radius 1 is 1.42 bits per heavy atom. The molecule has 1 saturated carbocycles. The van der Waals surface area contributed by atoms with Gasteiger partial charge in [-0.05, 0) is 31.7 Å². The van der Waals surface area contributed by atoms with E-state index >= 15 is 0 Å². The second-order valence-corrected chi connectivity index (χ2v) is 6.39. The van der Waals surface area contributed by atoms with Gasteiger partial charge in [0.2, 0.25) is 0 Å². The molecule has 1 atom stereocenters. The lowest BCUT2D eigenvalue weighted by molar-refractivity contribution is 0.0733. The van der Waals surface area contributed by atoms with E-state index in [0.717, 1.165) is 10.1 Å². The molecule has 3 rings (SSSR count). The summed E-state index contributed by atoms with van der Waals surface area (Å²) in [6.45, 7) is 2.12. The van der Waals surface area contributed by atoms with Gasteiger partial charge in [-0.2, -0.15) is 0 Å². The molecule has 19 heavy (non-hydrogen) atoms. The summed E-state index contributed by atoms with van der Waals surface area (Å²) >= 11 is 1.49. The van der Waals surface area contributed by atoms with Gasteiger partial charge in [-0.15, -0.1) is 11.3 Å². The summed E-state index contributed by atoms with van der Waals surface area (Å²) < 4.78 is 1.08. The number of benzene rings is 1. The lowest BCUT2D eigenvalue weighted by atomic mass is 10.1. The van der Waals surface area contributed by atoms with Crippen LogP contribution >= 0.6 is 11.3 Å². The fourth-order valence-electron chi connectivity index (χ4n) is 2.46. The van der Waals surface area contributed by atoms with Gasteiger partial charge in [0, 0.05) is 23.2 Å². The van der Waals surface area contributed by atoms with E-state index in [4.69, 9.17) is 5.73 Å². The largest absolute Gasteiger partial charge is 0.397 e. The Kier molecular flexibility index (Phi) is 2.97. The van der Waals surface area contributed by atoms with Gasteiger partial charge >= 0.3 is 0 Å². The molecule has 0 spiro atoms. The Balaban J connectivity index is 1.94. The Bertz CT molecular complexity index is 630. The lowest BCUT2D eigenvalue weighted by Crippen LogP contribution is -2.36. The molecule has 0 radical (unpaired) electrons. The lowest BCUT2D eigenvalue weighted by Gasteiger charge is -2.24. The smallest absolute Gasteiger partial charge is 0.266 e. The third kappa shape index (κ3) is 2.10. The van der Waals surface area contributed by atoms with Crippen LogP contribution in [0.15, 0.2) is 24.3 Å². The van der Waals surface area contributed by atoms with Gasteiger partial charge < -0.3 is 10.6 Å². The molecule has 1 amide bonds. The summed E-state index contributed by atoms with van der Waals surface area (Å²) in [6.07, 6.45) is 2.47. The molecule has 2 aromatic rings. The number of carbonyl (C=O) groups excluding carboxylic acids is 1. The predicted molar refractivity (Wildman–Crippen MR) is 80.5 cm³/mol. The van der Waals surface area contributed by atoms with E-state index in [1.54, 1.807) is 0 Å². The molecule has 0 aliphatic heterocycles. The number of hydrogen-bond donors (Lipinski definition) is 1. The summed E-state index contributed by atoms with van der Waals surface area (Å²) in [5.41, 5.74) is 6.76. The number of anilines is 1. The average molecular weight is 274 g/mol. The highest BCUT2D eigenvalue weighted by molar-refractivity contribution is 7.21. The highest BCUT2D eigenvalue weighted by Gasteiger charge is 2.33. The third-order valence-electron chi connectivity index (χ3n) is 4.06. The number of rotatable bonds is 3. The number of hydrogen-bond acceptors (Lipinski definition) is 3. The molecule has 2 N–H and O–H groups in total. The number of amides is 1. The van der Waals surface area contributed by atoms with Crippen LogP contribution in [0.25, 0.3) is 10.1 Å². The first-order chi connectivity index (χ1) is 9.09. The van der Waals surface area contributed by atoms with Crippen molar-refractivity contribution in [2.24, 2.45) is 5.92 Å². The molecule has 100 valence electrons. The van der Waals surface area contributed by atoms with E-state index in [9.17, 15) is 4.79 Å². The first kappa shape index (κ1) is 12.5. The highest BCUT2D eigenvalue weighted by Crippen LogP contribution is 2.37. The van der Waals surface area contributed by atoms with Crippen molar-refractivity contribution in [3.05, 3.63) is 29.1 Å². The predicted octanol–water partition coefficient (Wildman–Crippen LogP) is 3.35. The highest BCUT2D eigenvalue weighted by atomic mass is 32.1. The van der Waals surface area contributed by atoms with Crippen LogP contribution in [-0.2, 0) is 0 Å². The van der Waals surface area contributed by atoms with Crippen molar-refractivity contribution in [3.8, 4) is 0 Å². The van der Waals surface area contributed by atoms with Crippen LogP contribution in [0.3, 0.4) is 0 Å². The van der Waals surface area contributed by atoms with E-state index in [0.29, 0.717) is 22.5 Å². The van der Waals surface area contributed by atoms with Crippen LogP contribution in [0.2, 0.25) is 0 Å². The Labute approximate surface area is 117 Å². The van der Waals surface area contributed by atoms with Gasteiger partial charge in [-0.1, -0.05) is 18.2 Å². The van der Waals surface area contributed by atoms with Crippen molar-refractivity contribution in [1.82, 2.24) is 4.90 Å². The van der Waals surface area contributed by atoms with E-state index in [1.807, 2.05) is 36.2 Å². The molecule has 1 heterocycles. The minimum absolute atomic E-state index is 0.0538. The molecular weight excluding hydrogens is 256 g/mol. The zero-order valence-electron chi connectivity index (χ0n) is 11.2. The summed E-state index contributed by atoms with van der Waals surface area (Å²) in [7, 11) is 1.88. The Morgan fingerprint density at radius 3 is 2.74 bits per heavy atom. The monoisotopic (exact) mass is 274 g/mol. The first-order valence-electron chi connectivity index (χ1n) is 6.63. The first-order valence-corrected chi connectivity index (χ1v) is 7.45. The molecule has 1 aliphatic carbocycles. The van der Waals surface area contributed by atoms with Crippen LogP contribution in [-0.4, -0.2) is 23.9 Å². The maximum atomic E-state index is 12.6. The fraction of sp³-hybridized carbons (Fsp3) is 0.400. The van der Waals surface area contributed by atoms with Crippen LogP contribution < -0.4 is 5.73 Å². The molecule has 3 nitrogen and oxygen atoms in total. The number of nitrogens with zero attached hydrogens (tertiary/aromatic N) is 1. The number of nitrogens with two attached hydrogens (primary N) is 1. The average Bonchev–Trinajstić information content (AvgIpc) is 3.22. The van der Waals surface area contributed by atoms with E-state index in [-0.39, 0.29) is 5.91 Å². The van der Waals surface area contributed by atoms with Gasteiger partial charge in [0.25, 0.3) is 5.91 Å². The van der Waals surface area contributed by atoms with Gasteiger partial charge in [0.1, 0.15) is 4.88 Å². The summed E-state index contributed by atoms with van der Waals surface area (Å²) in [6, 6.07) is 8.22. The maximum absolute atomic E-state index is 12.6. The van der Waals surface area contributed by atoms with Gasteiger partial charge in [0.15, 0.2) is 0 Å². The summed E-state index contributed by atoms with van der Waals surface area (Å²) in [4.78, 5) is 15.1. The van der Waals surface area contributed by atoms with Crippen molar-refractivity contribution in [1.29, 1.82) is 0 Å². The number of fused-ring (bicyclic) bond motifs is 1. The Hall–Kier alpha value is -1.55. The van der Waals surface area contributed by atoms with E-state index in [1.165, 1.54) is 24.2 Å². The van der Waals surface area contributed by atoms with E-state index < -0.39 is 0 Å². The normalized spacial score (nSPS) is 16.5. The molecule has 0 saturated heterocycles. The molecule has 4 heteroatoms. The van der Waals surface area contributed by atoms with Crippen molar-refractivity contribution < 1.29 is 4.79 Å². The number of nitrogen functional groups attached to an aromatic ring is 1. The maximum Gasteiger partial charge on any atom is 0.266 e. The molecular formula is C15H18N2OS. The topological polar surface area (TPSA) is 46.3 Å². The summed E-state index contributed by atoms with van der Waals surface area (Å²) in [5, 5.41) is 0.989. The number of thiophene rings is 1. The van der Waals surface area contributed by atoms with E-state index in [2.05, 4.69) is 6.92 Å². The van der Waals surface area contributed by atoms with Gasteiger partial charge in [-0.3, -0.25) is 4.79 Å². The zero-order valence-corrected chi connectivity index (χ0v) is 12.0. The van der Waals surface area contributed by atoms with Crippen LogP contribution in [0.4, 0.5) is 5.69 Å². The SMILES string of the molecule is CC(C1CC1)N(C)C(=O)c1sc2ccccc2c1N. The minimum Gasteiger partial charge on any atom is -0.397 e. The second kappa shape index (κ2) is 4.53. The van der Waals surface area contributed by atoms with Crippen molar-refractivity contribution in [2.45, 2.75) is 25.8 Å². The molecule has 1 aliphatic rings. The van der Waals surface area contributed by atoms with Gasteiger partial charge in [-0.25, -0.2) is 0 Å². The molecule has 1 fully saturated rings. The minimum atomic E-state index is 0.0538. The third-order valence-corrected chi connectivity index (χ3v) is 5.24. The van der Waals surface area contributed by atoms with Crippen molar-refractivity contribution in [3.63, 3.8) is 0 Å². The van der Waals surface area contributed by atoms with Crippen molar-refractivity contribution in [2.75, 3.05) is 12.8 Å². The fourth-order valence-corrected chi connectivity index (χ4v) is 3.57. The standard InChI is InChI=1S/C15H18N2OS/c1-9(10-7-8-10)17(2)15(18)14-13(16)11-5-3-4-6-12(11)19-14/h3-6,9-10H,7-8,16H2,1-2H3. The second-order valence-electron chi connectivity index (χ2n) is 5.34. The zero-order chi connectivity index (χ0) is 13.6. The Morgan fingerprint density at radius 2 is 2.11 bits per heavy atom. The van der Waals surface area contributed by atoms with Gasteiger partial charge in [0.05, 0.1) is 5.69 Å². The molecule has 1 unspecified atom stereocenters. The van der Waals surface area contributed by atoms with Crippen molar-refractivity contribution >= 4 is 33.0 Å². The molecule has 1 aromatic heterocycles.